The second-order valence-electron chi connectivity index (χ2n) is 4.98. The van der Waals surface area contributed by atoms with Crippen molar-refractivity contribution in [2.75, 3.05) is 0 Å². The van der Waals surface area contributed by atoms with Gasteiger partial charge in [0.1, 0.15) is 6.61 Å². The Morgan fingerprint density at radius 1 is 1.00 bits per heavy atom. The minimum atomic E-state index is -5.17. The Kier molecular flexibility index (Phi) is 5.94. The van der Waals surface area contributed by atoms with Gasteiger partial charge in [0, 0.05) is 5.56 Å². The smallest absolute Gasteiger partial charge is 0.443 e. The first-order valence-electron chi connectivity index (χ1n) is 7.30. The van der Waals surface area contributed by atoms with Crippen molar-refractivity contribution >= 4 is 18.0 Å². The van der Waals surface area contributed by atoms with Gasteiger partial charge in [0.25, 0.3) is 5.91 Å². The summed E-state index contributed by atoms with van der Waals surface area (Å²) in [6.07, 6.45) is -6.51. The number of guanidine groups is 1. The third kappa shape index (κ3) is 5.07. The van der Waals surface area contributed by atoms with Crippen LogP contribution in [0.3, 0.4) is 0 Å². The number of benzene rings is 2. The lowest BCUT2D eigenvalue weighted by atomic mass is 10.2. The van der Waals surface area contributed by atoms with Crippen LogP contribution in [-0.4, -0.2) is 29.2 Å². The lowest BCUT2D eigenvalue weighted by Gasteiger charge is -2.23. The summed E-state index contributed by atoms with van der Waals surface area (Å²) in [4.78, 5) is 26.0. The van der Waals surface area contributed by atoms with E-state index in [1.54, 1.807) is 30.3 Å². The van der Waals surface area contributed by atoms with E-state index >= 15 is 0 Å². The summed E-state index contributed by atoms with van der Waals surface area (Å²) in [7, 11) is 0. The largest absolute Gasteiger partial charge is 0.494 e. The average molecular weight is 365 g/mol. The number of hydrogen-bond donors (Lipinski definition) is 1. The number of halogens is 3. The summed E-state index contributed by atoms with van der Waals surface area (Å²) in [6, 6.07) is 15.1. The van der Waals surface area contributed by atoms with Crippen molar-refractivity contribution < 1.29 is 27.5 Å². The minimum absolute atomic E-state index is 0.199. The molecule has 0 unspecified atom stereocenters. The van der Waals surface area contributed by atoms with Crippen LogP contribution in [0.25, 0.3) is 0 Å². The number of carbonyl (C=O) groups excluding carboxylic acids is 2. The summed E-state index contributed by atoms with van der Waals surface area (Å²) in [5.41, 5.74) is 5.60. The van der Waals surface area contributed by atoms with E-state index in [-0.39, 0.29) is 12.2 Å². The van der Waals surface area contributed by atoms with Crippen LogP contribution in [0.4, 0.5) is 18.0 Å². The highest BCUT2D eigenvalue weighted by molar-refractivity contribution is 6.07. The summed E-state index contributed by atoms with van der Waals surface area (Å²) in [5.74, 6) is -2.79. The van der Waals surface area contributed by atoms with Gasteiger partial charge in [-0.05, 0) is 17.7 Å². The highest BCUT2D eigenvalue weighted by Gasteiger charge is 2.44. The van der Waals surface area contributed by atoms with Crippen LogP contribution in [0.1, 0.15) is 15.9 Å². The first kappa shape index (κ1) is 19.0. The molecule has 0 heterocycles. The zero-order valence-electron chi connectivity index (χ0n) is 13.3. The van der Waals surface area contributed by atoms with Crippen LogP contribution >= 0.6 is 0 Å². The van der Waals surface area contributed by atoms with Gasteiger partial charge in [0.05, 0.1) is 0 Å². The number of amides is 2. The summed E-state index contributed by atoms with van der Waals surface area (Å²) in [5, 5.41) is 0. The van der Waals surface area contributed by atoms with Crippen LogP contribution in [0.15, 0.2) is 65.7 Å². The van der Waals surface area contributed by atoms with Gasteiger partial charge in [0.15, 0.2) is 0 Å². The van der Waals surface area contributed by atoms with Crippen LogP contribution in [0, 0.1) is 0 Å². The molecule has 9 heteroatoms. The monoisotopic (exact) mass is 365 g/mol. The predicted octanol–water partition coefficient (Wildman–Crippen LogP) is 3.30. The SMILES string of the molecule is NC(=NC(=O)OCc1ccccc1)N(C(=O)c1ccccc1)C(F)(F)F. The molecule has 0 radical (unpaired) electrons. The van der Waals surface area contributed by atoms with Crippen molar-refractivity contribution in [1.82, 2.24) is 4.90 Å². The van der Waals surface area contributed by atoms with Crippen molar-refractivity contribution in [1.29, 1.82) is 0 Å². The molecule has 0 atom stereocenters. The normalized spacial score (nSPS) is 11.7. The lowest BCUT2D eigenvalue weighted by Crippen LogP contribution is -2.51. The molecule has 0 aliphatic carbocycles. The summed E-state index contributed by atoms with van der Waals surface area (Å²) >= 11 is 0. The van der Waals surface area contributed by atoms with Gasteiger partial charge in [-0.1, -0.05) is 48.5 Å². The molecule has 2 N–H and O–H groups in total. The molecule has 6 nitrogen and oxygen atoms in total. The van der Waals surface area contributed by atoms with E-state index in [1.165, 1.54) is 30.3 Å². The highest BCUT2D eigenvalue weighted by atomic mass is 19.4. The van der Waals surface area contributed by atoms with E-state index in [2.05, 4.69) is 4.99 Å². The van der Waals surface area contributed by atoms with Gasteiger partial charge in [-0.3, -0.25) is 4.79 Å². The molecule has 0 aromatic heterocycles. The Labute approximate surface area is 146 Å². The number of ether oxygens (including phenoxy) is 1. The lowest BCUT2D eigenvalue weighted by molar-refractivity contribution is -0.200. The van der Waals surface area contributed by atoms with E-state index in [9.17, 15) is 22.8 Å². The molecule has 0 aliphatic rings. The molecule has 0 aliphatic heterocycles. The van der Waals surface area contributed by atoms with Gasteiger partial charge in [-0.15, -0.1) is 18.2 Å². The van der Waals surface area contributed by atoms with Crippen LogP contribution < -0.4 is 5.73 Å². The molecule has 0 spiro atoms. The fourth-order valence-corrected chi connectivity index (χ4v) is 1.95. The van der Waals surface area contributed by atoms with Gasteiger partial charge < -0.3 is 10.5 Å². The highest BCUT2D eigenvalue weighted by Crippen LogP contribution is 2.23. The minimum Gasteiger partial charge on any atom is -0.443 e. The van der Waals surface area contributed by atoms with Crippen LogP contribution in [-0.2, 0) is 11.3 Å². The molecule has 2 aromatic rings. The number of nitrogens with two attached hydrogens (primary N) is 1. The predicted molar refractivity (Wildman–Crippen MR) is 86.9 cm³/mol. The van der Waals surface area contributed by atoms with Gasteiger partial charge >= 0.3 is 12.4 Å². The number of nitrogens with zero attached hydrogens (tertiary/aromatic N) is 2. The molecule has 2 amide bonds. The Balaban J connectivity index is 2.15. The molecule has 26 heavy (non-hydrogen) atoms. The zero-order chi connectivity index (χ0) is 19.2. The third-order valence-corrected chi connectivity index (χ3v) is 3.12. The zero-order valence-corrected chi connectivity index (χ0v) is 13.3. The average Bonchev–Trinajstić information content (AvgIpc) is 2.60. The Morgan fingerprint density at radius 2 is 1.54 bits per heavy atom. The van der Waals surface area contributed by atoms with Crippen LogP contribution in [0.5, 0.6) is 0 Å². The molecule has 2 aromatic carbocycles. The number of hydrogen-bond acceptors (Lipinski definition) is 3. The molecule has 0 bridgehead atoms. The van der Waals surface area contributed by atoms with E-state index in [0.717, 1.165) is 0 Å². The maximum absolute atomic E-state index is 13.2. The van der Waals surface area contributed by atoms with E-state index in [0.29, 0.717) is 5.56 Å². The van der Waals surface area contributed by atoms with E-state index < -0.39 is 29.2 Å². The quantitative estimate of drug-likeness (QED) is 0.514. The van der Waals surface area contributed by atoms with Crippen molar-refractivity contribution in [2.45, 2.75) is 12.9 Å². The van der Waals surface area contributed by atoms with Crippen molar-refractivity contribution in [2.24, 2.45) is 10.7 Å². The van der Waals surface area contributed by atoms with Gasteiger partial charge in [-0.2, -0.15) is 4.90 Å². The van der Waals surface area contributed by atoms with Gasteiger partial charge in [-0.25, -0.2) is 4.79 Å². The second kappa shape index (κ2) is 8.15. The number of carbonyl (C=O) groups is 2. The first-order valence-corrected chi connectivity index (χ1v) is 7.30. The Bertz CT molecular complexity index is 793. The number of aliphatic imine (C=N–C) groups is 1. The van der Waals surface area contributed by atoms with E-state index in [1.807, 2.05) is 0 Å². The molecular formula is C17H14F3N3O3. The number of rotatable bonds is 3. The molecule has 136 valence electrons. The number of alkyl halides is 3. The van der Waals surface area contributed by atoms with Crippen molar-refractivity contribution in [3.63, 3.8) is 0 Å². The van der Waals surface area contributed by atoms with Gasteiger partial charge in [0.2, 0.25) is 5.96 Å². The molecule has 0 saturated heterocycles. The third-order valence-electron chi connectivity index (χ3n) is 3.12. The van der Waals surface area contributed by atoms with E-state index in [4.69, 9.17) is 10.5 Å². The van der Waals surface area contributed by atoms with Crippen molar-refractivity contribution in [3.8, 4) is 0 Å². The Morgan fingerprint density at radius 3 is 2.08 bits per heavy atom. The van der Waals surface area contributed by atoms with Crippen LogP contribution in [0.2, 0.25) is 0 Å². The first-order chi connectivity index (χ1) is 12.3. The summed E-state index contributed by atoms with van der Waals surface area (Å²) < 4.78 is 44.3. The van der Waals surface area contributed by atoms with Crippen molar-refractivity contribution in [3.05, 3.63) is 71.8 Å². The maximum atomic E-state index is 13.2. The topological polar surface area (TPSA) is 85.0 Å². The Hall–Kier alpha value is -3.36. The summed E-state index contributed by atoms with van der Waals surface area (Å²) in [6.45, 7) is -0.199. The molecule has 2 rings (SSSR count). The standard InChI is InChI=1S/C17H14F3N3O3/c18-17(19,20)23(14(24)13-9-5-2-6-10-13)15(21)22-16(25)26-11-12-7-3-1-4-8-12/h1-10H,11H2,(H2,21,22,25). The second-order valence-corrected chi connectivity index (χ2v) is 4.98. The molecule has 0 saturated carbocycles. The fourth-order valence-electron chi connectivity index (χ4n) is 1.95. The molecular weight excluding hydrogens is 351 g/mol. The maximum Gasteiger partial charge on any atom is 0.494 e. The molecule has 0 fully saturated rings. The fraction of sp³-hybridized carbons (Fsp3) is 0.118.